The van der Waals surface area contributed by atoms with E-state index >= 15 is 0 Å². The van der Waals surface area contributed by atoms with Crippen LogP contribution in [0, 0.1) is 0 Å². The summed E-state index contributed by atoms with van der Waals surface area (Å²) >= 11 is 5.52. The van der Waals surface area contributed by atoms with Gasteiger partial charge in [-0.25, -0.2) is 9.63 Å². The molecule has 5 heteroatoms. The van der Waals surface area contributed by atoms with Gasteiger partial charge in [-0.3, -0.25) is 0 Å². The van der Waals surface area contributed by atoms with Gasteiger partial charge in [-0.15, -0.1) is 0 Å². The number of halogens is 1. The number of amides is 1. The molecule has 15 heavy (non-hydrogen) atoms. The van der Waals surface area contributed by atoms with Crippen LogP contribution in [0.5, 0.6) is 0 Å². The van der Waals surface area contributed by atoms with Crippen molar-refractivity contribution in [1.82, 2.24) is 4.84 Å². The summed E-state index contributed by atoms with van der Waals surface area (Å²) in [6, 6.07) is 9.64. The number of ether oxygens (including phenoxy) is 1. The Kier molecular flexibility index (Phi) is 4.93. The van der Waals surface area contributed by atoms with Crippen LogP contribution in [-0.4, -0.2) is 18.7 Å². The van der Waals surface area contributed by atoms with Gasteiger partial charge in [-0.1, -0.05) is 30.3 Å². The van der Waals surface area contributed by atoms with Crippen LogP contribution in [0.4, 0.5) is 4.79 Å². The first kappa shape index (κ1) is 11.8. The van der Waals surface area contributed by atoms with Crippen molar-refractivity contribution in [2.45, 2.75) is 12.5 Å². The molecule has 0 spiro atoms. The smallest absolute Gasteiger partial charge is 0.404 e. The number of hydrogen-bond acceptors (Lipinski definition) is 3. The number of nitrogens with two attached hydrogens (primary N) is 1. The van der Waals surface area contributed by atoms with Crippen LogP contribution >= 0.6 is 11.8 Å². The minimum Gasteiger partial charge on any atom is -0.448 e. The molecule has 1 aromatic carbocycles. The highest BCUT2D eigenvalue weighted by Crippen LogP contribution is 2.04. The minimum atomic E-state index is -0.792. The van der Waals surface area contributed by atoms with Gasteiger partial charge >= 0.3 is 6.09 Å². The number of carbonyl (C=O) groups excluding carboxylic acids is 1. The van der Waals surface area contributed by atoms with E-state index < -0.39 is 6.09 Å². The molecule has 0 aliphatic carbocycles. The van der Waals surface area contributed by atoms with Crippen LogP contribution in [0.2, 0.25) is 0 Å². The van der Waals surface area contributed by atoms with Gasteiger partial charge in [0.2, 0.25) is 0 Å². The molecule has 0 saturated heterocycles. The zero-order valence-electron chi connectivity index (χ0n) is 8.15. The maximum atomic E-state index is 10.4. The van der Waals surface area contributed by atoms with E-state index in [1.54, 1.807) is 0 Å². The van der Waals surface area contributed by atoms with Gasteiger partial charge in [0, 0.05) is 0 Å². The zero-order chi connectivity index (χ0) is 11.1. The quantitative estimate of drug-likeness (QED) is 0.750. The third-order valence-corrected chi connectivity index (χ3v) is 2.21. The monoisotopic (exact) mass is 228 g/mol. The summed E-state index contributed by atoms with van der Waals surface area (Å²) in [5, 5.41) is 0. The summed E-state index contributed by atoms with van der Waals surface area (Å²) < 4.78 is 4.66. The third kappa shape index (κ3) is 4.67. The van der Waals surface area contributed by atoms with E-state index in [1.165, 1.54) is 0 Å². The molecule has 3 N–H and O–H groups in total. The van der Waals surface area contributed by atoms with Crippen molar-refractivity contribution in [2.24, 2.45) is 5.73 Å². The van der Waals surface area contributed by atoms with Crippen molar-refractivity contribution < 1.29 is 9.53 Å². The van der Waals surface area contributed by atoms with Gasteiger partial charge in [-0.05, 0) is 23.8 Å². The SMILES string of the molecule is NC(=O)OC[C@@H](Cc1ccccc1)NCl. The average Bonchev–Trinajstić information content (AvgIpc) is 2.25. The Morgan fingerprint density at radius 3 is 2.67 bits per heavy atom. The second-order valence-electron chi connectivity index (χ2n) is 3.13. The van der Waals surface area contributed by atoms with Crippen molar-refractivity contribution in [2.75, 3.05) is 6.61 Å². The molecular formula is C10H13ClN2O2. The van der Waals surface area contributed by atoms with Crippen LogP contribution < -0.4 is 10.6 Å². The fourth-order valence-corrected chi connectivity index (χ4v) is 1.35. The van der Waals surface area contributed by atoms with Gasteiger partial charge in [-0.2, -0.15) is 0 Å². The van der Waals surface area contributed by atoms with Crippen LogP contribution in [0.3, 0.4) is 0 Å². The summed E-state index contributed by atoms with van der Waals surface area (Å²) in [5.41, 5.74) is 5.97. The van der Waals surface area contributed by atoms with Crippen LogP contribution in [0.15, 0.2) is 30.3 Å². The molecule has 1 amide bonds. The molecule has 82 valence electrons. The second kappa shape index (κ2) is 6.27. The molecule has 1 rings (SSSR count). The lowest BCUT2D eigenvalue weighted by atomic mass is 10.1. The van der Waals surface area contributed by atoms with E-state index in [-0.39, 0.29) is 12.6 Å². The van der Waals surface area contributed by atoms with E-state index in [2.05, 4.69) is 9.57 Å². The second-order valence-corrected chi connectivity index (χ2v) is 3.34. The Morgan fingerprint density at radius 2 is 2.13 bits per heavy atom. The van der Waals surface area contributed by atoms with Crippen molar-refractivity contribution in [3.8, 4) is 0 Å². The van der Waals surface area contributed by atoms with Gasteiger partial charge in [0.1, 0.15) is 6.61 Å². The summed E-state index contributed by atoms with van der Waals surface area (Å²) in [6.45, 7) is 0.160. The van der Waals surface area contributed by atoms with Crippen LogP contribution in [0.1, 0.15) is 5.56 Å². The number of primary amides is 1. The van der Waals surface area contributed by atoms with Gasteiger partial charge in [0.25, 0.3) is 0 Å². The summed E-state index contributed by atoms with van der Waals surface area (Å²) in [6.07, 6.45) is -0.113. The lowest BCUT2D eigenvalue weighted by Gasteiger charge is -2.13. The fraction of sp³-hybridized carbons (Fsp3) is 0.300. The highest BCUT2D eigenvalue weighted by atomic mass is 35.5. The molecule has 0 unspecified atom stereocenters. The third-order valence-electron chi connectivity index (χ3n) is 1.91. The standard InChI is InChI=1S/C10H13ClN2O2/c11-13-9(7-15-10(12)14)6-8-4-2-1-3-5-8/h1-5,9,13H,6-7H2,(H2,12,14)/t9-/m1/s1. The normalized spacial score (nSPS) is 12.1. The summed E-state index contributed by atoms with van der Waals surface area (Å²) in [5.74, 6) is 0. The Labute approximate surface area is 93.5 Å². The average molecular weight is 229 g/mol. The molecular weight excluding hydrogens is 216 g/mol. The molecule has 0 aliphatic heterocycles. The molecule has 0 saturated carbocycles. The largest absolute Gasteiger partial charge is 0.448 e. The molecule has 4 nitrogen and oxygen atoms in total. The van der Waals surface area contributed by atoms with E-state index in [0.29, 0.717) is 6.42 Å². The number of rotatable bonds is 5. The van der Waals surface area contributed by atoms with Gasteiger partial charge < -0.3 is 10.5 Å². The van der Waals surface area contributed by atoms with Crippen molar-refractivity contribution in [1.29, 1.82) is 0 Å². The fourth-order valence-electron chi connectivity index (χ4n) is 1.21. The zero-order valence-corrected chi connectivity index (χ0v) is 8.91. The van der Waals surface area contributed by atoms with E-state index in [1.807, 2.05) is 30.3 Å². The molecule has 1 atom stereocenters. The molecule has 0 aliphatic rings. The molecule has 1 aromatic rings. The molecule has 0 heterocycles. The highest BCUT2D eigenvalue weighted by Gasteiger charge is 2.09. The predicted molar refractivity (Wildman–Crippen MR) is 58.5 cm³/mol. The Balaban J connectivity index is 2.43. The topological polar surface area (TPSA) is 64.4 Å². The first-order valence-electron chi connectivity index (χ1n) is 4.54. The van der Waals surface area contributed by atoms with Crippen molar-refractivity contribution in [3.63, 3.8) is 0 Å². The Morgan fingerprint density at radius 1 is 1.47 bits per heavy atom. The molecule has 0 radical (unpaired) electrons. The predicted octanol–water partition coefficient (Wildman–Crippen LogP) is 1.44. The first-order chi connectivity index (χ1) is 7.22. The summed E-state index contributed by atoms with van der Waals surface area (Å²) in [7, 11) is 0. The van der Waals surface area contributed by atoms with Gasteiger partial charge in [0.15, 0.2) is 0 Å². The van der Waals surface area contributed by atoms with Gasteiger partial charge in [0.05, 0.1) is 6.04 Å². The minimum absolute atomic E-state index is 0.137. The van der Waals surface area contributed by atoms with E-state index in [0.717, 1.165) is 5.56 Å². The number of carbonyl (C=O) groups is 1. The Hall–Kier alpha value is -1.26. The van der Waals surface area contributed by atoms with Crippen molar-refractivity contribution in [3.05, 3.63) is 35.9 Å². The molecule has 0 bridgehead atoms. The maximum Gasteiger partial charge on any atom is 0.404 e. The van der Waals surface area contributed by atoms with Crippen LogP contribution in [-0.2, 0) is 11.2 Å². The molecule has 0 fully saturated rings. The van der Waals surface area contributed by atoms with E-state index in [4.69, 9.17) is 17.5 Å². The first-order valence-corrected chi connectivity index (χ1v) is 4.92. The van der Waals surface area contributed by atoms with Crippen molar-refractivity contribution >= 4 is 17.9 Å². The lowest BCUT2D eigenvalue weighted by molar-refractivity contribution is 0.147. The molecule has 0 aromatic heterocycles. The van der Waals surface area contributed by atoms with E-state index in [9.17, 15) is 4.79 Å². The Bertz CT molecular complexity index is 306. The number of nitrogens with one attached hydrogen (secondary N) is 1. The summed E-state index contributed by atoms with van der Waals surface area (Å²) in [4.78, 5) is 12.9. The van der Waals surface area contributed by atoms with Crippen LogP contribution in [0.25, 0.3) is 0 Å². The highest BCUT2D eigenvalue weighted by molar-refractivity contribution is 6.13. The number of hydrogen-bond donors (Lipinski definition) is 2. The maximum absolute atomic E-state index is 10.4. The lowest BCUT2D eigenvalue weighted by Crippen LogP contribution is -2.31. The number of benzene rings is 1.